The summed E-state index contributed by atoms with van der Waals surface area (Å²) in [6, 6.07) is 9.57. The zero-order valence-electron chi connectivity index (χ0n) is 18.0. The Morgan fingerprint density at radius 1 is 1.00 bits per heavy atom. The predicted molar refractivity (Wildman–Crippen MR) is 119 cm³/mol. The van der Waals surface area contributed by atoms with Gasteiger partial charge in [-0.3, -0.25) is 10.1 Å². The van der Waals surface area contributed by atoms with Gasteiger partial charge in [-0.25, -0.2) is 9.98 Å². The van der Waals surface area contributed by atoms with Crippen LogP contribution in [0.5, 0.6) is 23.0 Å². The summed E-state index contributed by atoms with van der Waals surface area (Å²) in [4.78, 5) is 20.1. The number of carbonyl (C=O) groups is 1. The van der Waals surface area contributed by atoms with E-state index in [0.29, 0.717) is 51.7 Å². The number of nitrogens with two attached hydrogens (primary N) is 1. The van der Waals surface area contributed by atoms with Crippen molar-refractivity contribution in [2.45, 2.75) is 6.92 Å². The lowest BCUT2D eigenvalue weighted by atomic mass is 10.0. The highest BCUT2D eigenvalue weighted by Crippen LogP contribution is 2.53. The summed E-state index contributed by atoms with van der Waals surface area (Å²) in [6.45, 7) is 1.98. The van der Waals surface area contributed by atoms with E-state index in [-0.39, 0.29) is 5.96 Å². The molecule has 0 unspecified atom stereocenters. The van der Waals surface area contributed by atoms with E-state index < -0.39 is 0 Å². The van der Waals surface area contributed by atoms with Crippen LogP contribution in [0.3, 0.4) is 0 Å². The van der Waals surface area contributed by atoms with Crippen LogP contribution in [-0.4, -0.2) is 45.8 Å². The largest absolute Gasteiger partial charge is 0.492 e. The molecule has 0 bridgehead atoms. The topological polar surface area (TPSA) is 117 Å². The Kier molecular flexibility index (Phi) is 6.44. The summed E-state index contributed by atoms with van der Waals surface area (Å²) in [6.07, 6.45) is 0.450. The van der Waals surface area contributed by atoms with Gasteiger partial charge in [0, 0.05) is 5.56 Å². The van der Waals surface area contributed by atoms with E-state index in [0.717, 1.165) is 11.1 Å². The number of amides is 1. The van der Waals surface area contributed by atoms with Gasteiger partial charge >= 0.3 is 0 Å². The molecule has 9 heteroatoms. The van der Waals surface area contributed by atoms with Gasteiger partial charge in [-0.15, -0.1) is 0 Å². The van der Waals surface area contributed by atoms with Crippen LogP contribution in [0, 0.1) is 6.92 Å². The Morgan fingerprint density at radius 2 is 1.61 bits per heavy atom. The lowest BCUT2D eigenvalue weighted by Crippen LogP contribution is -2.29. The van der Waals surface area contributed by atoms with Crippen molar-refractivity contribution in [1.82, 2.24) is 10.3 Å². The second-order valence-electron chi connectivity index (χ2n) is 6.46. The Labute approximate surface area is 179 Å². The van der Waals surface area contributed by atoms with Gasteiger partial charge in [-0.2, -0.15) is 0 Å². The van der Waals surface area contributed by atoms with Crippen molar-refractivity contribution in [3.63, 3.8) is 0 Å². The molecule has 1 aromatic heterocycles. The summed E-state index contributed by atoms with van der Waals surface area (Å²) in [7, 11) is 6.00. The van der Waals surface area contributed by atoms with Gasteiger partial charge in [0.1, 0.15) is 5.52 Å². The molecular formula is C22H24N4O5. The van der Waals surface area contributed by atoms with E-state index in [1.165, 1.54) is 28.4 Å². The molecule has 0 spiro atoms. The maximum Gasteiger partial charge on any atom is 0.213 e. The van der Waals surface area contributed by atoms with Crippen molar-refractivity contribution in [3.05, 3.63) is 35.9 Å². The summed E-state index contributed by atoms with van der Waals surface area (Å²) >= 11 is 0. The molecule has 0 saturated heterocycles. The average molecular weight is 424 g/mol. The van der Waals surface area contributed by atoms with E-state index >= 15 is 0 Å². The van der Waals surface area contributed by atoms with E-state index in [1.807, 2.05) is 31.2 Å². The van der Waals surface area contributed by atoms with Crippen molar-refractivity contribution in [2.24, 2.45) is 10.7 Å². The number of aliphatic imine (C=N–C) groups is 1. The number of ether oxygens (including phenoxy) is 4. The standard InChI is InChI=1S/C22H24N4O5/c1-12-8-6-7-9-13(12)14-10-15(26-22(23)24-11-27)16-17(25-14)19(29-3)21(31-5)20(30-4)18(16)28-2/h6-11H,1-5H3,(H3,23,24,25,26,27). The first-order valence-electron chi connectivity index (χ1n) is 9.31. The SMILES string of the molecule is COc1c(OC)c(OC)c2c(N=C(N)NC=O)cc(-c3ccccc3C)nc2c1OC. The minimum atomic E-state index is -0.0889. The lowest BCUT2D eigenvalue weighted by molar-refractivity contribution is -0.108. The first kappa shape index (κ1) is 21.7. The van der Waals surface area contributed by atoms with Crippen LogP contribution >= 0.6 is 0 Å². The fourth-order valence-corrected chi connectivity index (χ4v) is 3.41. The molecule has 3 N–H and O–H groups in total. The molecule has 0 fully saturated rings. The minimum absolute atomic E-state index is 0.0889. The second-order valence-corrected chi connectivity index (χ2v) is 6.46. The fourth-order valence-electron chi connectivity index (χ4n) is 3.41. The van der Waals surface area contributed by atoms with Gasteiger partial charge in [0.05, 0.1) is 45.2 Å². The molecule has 0 aliphatic carbocycles. The number of aryl methyl sites for hydroxylation is 1. The van der Waals surface area contributed by atoms with Crippen molar-refractivity contribution < 1.29 is 23.7 Å². The second kappa shape index (κ2) is 9.21. The molecule has 1 heterocycles. The summed E-state index contributed by atoms with van der Waals surface area (Å²) < 4.78 is 22.4. The summed E-state index contributed by atoms with van der Waals surface area (Å²) in [5.74, 6) is 1.26. The van der Waals surface area contributed by atoms with Gasteiger partial charge in [0.25, 0.3) is 0 Å². The van der Waals surface area contributed by atoms with E-state index in [1.54, 1.807) is 6.07 Å². The number of fused-ring (bicyclic) bond motifs is 1. The molecule has 1 amide bonds. The Balaban J connectivity index is 2.54. The van der Waals surface area contributed by atoms with Crippen LogP contribution < -0.4 is 30.0 Å². The number of rotatable bonds is 7. The van der Waals surface area contributed by atoms with Gasteiger partial charge in [-0.1, -0.05) is 24.3 Å². The molecule has 9 nitrogen and oxygen atoms in total. The van der Waals surface area contributed by atoms with Crippen LogP contribution in [0.1, 0.15) is 5.56 Å². The number of guanidine groups is 1. The zero-order chi connectivity index (χ0) is 22.5. The molecule has 31 heavy (non-hydrogen) atoms. The first-order chi connectivity index (χ1) is 15.0. The number of hydrogen-bond acceptors (Lipinski definition) is 7. The lowest BCUT2D eigenvalue weighted by Gasteiger charge is -2.20. The van der Waals surface area contributed by atoms with E-state index in [4.69, 9.17) is 29.7 Å². The van der Waals surface area contributed by atoms with Gasteiger partial charge in [0.15, 0.2) is 17.5 Å². The van der Waals surface area contributed by atoms with Gasteiger partial charge in [0.2, 0.25) is 17.9 Å². The maximum absolute atomic E-state index is 10.8. The molecule has 0 saturated carbocycles. The highest BCUT2D eigenvalue weighted by atomic mass is 16.5. The molecule has 0 aliphatic heterocycles. The van der Waals surface area contributed by atoms with E-state index in [2.05, 4.69) is 10.3 Å². The summed E-state index contributed by atoms with van der Waals surface area (Å²) in [5.41, 5.74) is 9.28. The third-order valence-corrected chi connectivity index (χ3v) is 4.74. The van der Waals surface area contributed by atoms with Crippen LogP contribution in [0.4, 0.5) is 5.69 Å². The highest BCUT2D eigenvalue weighted by molar-refractivity contribution is 6.06. The predicted octanol–water partition coefficient (Wildman–Crippen LogP) is 2.94. The van der Waals surface area contributed by atoms with Crippen molar-refractivity contribution in [3.8, 4) is 34.3 Å². The molecule has 0 aliphatic rings. The number of hydrogen-bond donors (Lipinski definition) is 2. The normalized spacial score (nSPS) is 11.2. The smallest absolute Gasteiger partial charge is 0.213 e. The highest BCUT2D eigenvalue weighted by Gasteiger charge is 2.27. The number of carbonyl (C=O) groups excluding carboxylic acids is 1. The molecule has 2 aromatic carbocycles. The number of methoxy groups -OCH3 is 4. The van der Waals surface area contributed by atoms with Crippen LogP contribution in [0.25, 0.3) is 22.2 Å². The molecule has 0 radical (unpaired) electrons. The molecule has 3 aromatic rings. The van der Waals surface area contributed by atoms with Crippen LogP contribution in [0.2, 0.25) is 0 Å². The zero-order valence-corrected chi connectivity index (χ0v) is 18.0. The summed E-state index contributed by atoms with van der Waals surface area (Å²) in [5, 5.41) is 2.84. The van der Waals surface area contributed by atoms with E-state index in [9.17, 15) is 4.79 Å². The van der Waals surface area contributed by atoms with Crippen molar-refractivity contribution in [1.29, 1.82) is 0 Å². The molecule has 3 rings (SSSR count). The van der Waals surface area contributed by atoms with Gasteiger partial charge in [-0.05, 0) is 18.6 Å². The molecular weight excluding hydrogens is 400 g/mol. The fraction of sp³-hybridized carbons (Fsp3) is 0.227. The van der Waals surface area contributed by atoms with Crippen molar-refractivity contribution in [2.75, 3.05) is 28.4 Å². The maximum atomic E-state index is 10.8. The number of aromatic nitrogens is 1. The van der Waals surface area contributed by atoms with Crippen molar-refractivity contribution >= 4 is 29.0 Å². The third kappa shape index (κ3) is 3.89. The van der Waals surface area contributed by atoms with Gasteiger partial charge < -0.3 is 24.7 Å². The molecule has 0 atom stereocenters. The van der Waals surface area contributed by atoms with Crippen LogP contribution in [0.15, 0.2) is 35.3 Å². The monoisotopic (exact) mass is 424 g/mol. The van der Waals surface area contributed by atoms with Crippen LogP contribution in [-0.2, 0) is 4.79 Å². The Bertz CT molecular complexity index is 1160. The number of benzene rings is 2. The molecule has 162 valence electrons. The quantitative estimate of drug-likeness (QED) is 0.340. The third-order valence-electron chi connectivity index (χ3n) is 4.74. The number of nitrogens with zero attached hydrogens (tertiary/aromatic N) is 2. The first-order valence-corrected chi connectivity index (χ1v) is 9.31. The Hall–Kier alpha value is -4.01. The number of nitrogens with one attached hydrogen (secondary N) is 1. The Morgan fingerprint density at radius 3 is 2.19 bits per heavy atom. The average Bonchev–Trinajstić information content (AvgIpc) is 2.77. The minimum Gasteiger partial charge on any atom is -0.492 e. The number of pyridine rings is 1.